The number of hydrazine groups is 1. The van der Waals surface area contributed by atoms with Crippen LogP contribution in [0.1, 0.15) is 23.1 Å². The second-order valence-corrected chi connectivity index (χ2v) is 4.37. The molecule has 96 valence electrons. The number of halogens is 1. The summed E-state index contributed by atoms with van der Waals surface area (Å²) in [6.45, 7) is 1.92. The number of aromatic nitrogens is 4. The molecular weight excluding hydrogens is 252 g/mol. The lowest BCUT2D eigenvalue weighted by Crippen LogP contribution is -2.31. The van der Waals surface area contributed by atoms with E-state index in [0.29, 0.717) is 17.4 Å². The zero-order valence-electron chi connectivity index (χ0n) is 10.3. The molecule has 0 aliphatic heterocycles. The van der Waals surface area contributed by atoms with Gasteiger partial charge in [0.1, 0.15) is 11.0 Å². The van der Waals surface area contributed by atoms with E-state index in [4.69, 9.17) is 17.4 Å². The maximum atomic E-state index is 6.19. The molecular formula is C11H15ClN6. The van der Waals surface area contributed by atoms with E-state index in [1.54, 1.807) is 23.1 Å². The molecule has 18 heavy (non-hydrogen) atoms. The summed E-state index contributed by atoms with van der Waals surface area (Å²) in [7, 11) is 1.81. The summed E-state index contributed by atoms with van der Waals surface area (Å²) < 4.78 is 1.64. The average Bonchev–Trinajstić information content (AvgIpc) is 2.62. The summed E-state index contributed by atoms with van der Waals surface area (Å²) in [5.74, 6) is 6.20. The zero-order chi connectivity index (χ0) is 13.1. The maximum Gasteiger partial charge on any atom is 0.146 e. The van der Waals surface area contributed by atoms with E-state index in [0.717, 1.165) is 11.3 Å². The first-order valence-corrected chi connectivity index (χ1v) is 5.92. The Bertz CT molecular complexity index is 524. The maximum absolute atomic E-state index is 6.19. The summed E-state index contributed by atoms with van der Waals surface area (Å²) in [6.07, 6.45) is 3.97. The van der Waals surface area contributed by atoms with Crippen LogP contribution in [0.4, 0.5) is 0 Å². The van der Waals surface area contributed by atoms with Crippen LogP contribution in [-0.4, -0.2) is 19.7 Å². The Labute approximate surface area is 110 Å². The first-order chi connectivity index (χ1) is 8.63. The van der Waals surface area contributed by atoms with Crippen LogP contribution in [0.3, 0.4) is 0 Å². The Hall–Kier alpha value is -1.50. The van der Waals surface area contributed by atoms with Crippen molar-refractivity contribution < 1.29 is 0 Å². The van der Waals surface area contributed by atoms with Crippen molar-refractivity contribution in [3.63, 3.8) is 0 Å². The van der Waals surface area contributed by atoms with Gasteiger partial charge >= 0.3 is 0 Å². The molecule has 0 saturated heterocycles. The highest BCUT2D eigenvalue weighted by atomic mass is 35.5. The van der Waals surface area contributed by atoms with Crippen molar-refractivity contribution in [3.8, 4) is 0 Å². The van der Waals surface area contributed by atoms with E-state index in [1.165, 1.54) is 0 Å². The van der Waals surface area contributed by atoms with Crippen molar-refractivity contribution >= 4 is 11.6 Å². The molecule has 1 unspecified atom stereocenters. The number of hydrogen-bond donors (Lipinski definition) is 2. The molecule has 0 bridgehead atoms. The molecule has 2 aromatic heterocycles. The molecule has 2 rings (SSSR count). The first-order valence-electron chi connectivity index (χ1n) is 5.54. The molecule has 0 aromatic carbocycles. The standard InChI is InChI=1S/C11H15ClN6/c1-7-8(10(12)18(2)17-7)6-9(16-13)11-14-4-3-5-15-11/h3-5,9,16H,6,13H2,1-2H3. The van der Waals surface area contributed by atoms with Gasteiger partial charge in [0.25, 0.3) is 0 Å². The fourth-order valence-electron chi connectivity index (χ4n) is 1.83. The van der Waals surface area contributed by atoms with E-state index in [9.17, 15) is 0 Å². The average molecular weight is 267 g/mol. The van der Waals surface area contributed by atoms with Crippen molar-refractivity contribution in [2.24, 2.45) is 12.9 Å². The van der Waals surface area contributed by atoms with Gasteiger partial charge in [-0.25, -0.2) is 15.4 Å². The highest BCUT2D eigenvalue weighted by Gasteiger charge is 2.19. The lowest BCUT2D eigenvalue weighted by Gasteiger charge is -2.13. The van der Waals surface area contributed by atoms with Crippen LogP contribution < -0.4 is 11.3 Å². The molecule has 2 heterocycles. The minimum atomic E-state index is -0.188. The molecule has 1 atom stereocenters. The highest BCUT2D eigenvalue weighted by Crippen LogP contribution is 2.23. The fourth-order valence-corrected chi connectivity index (χ4v) is 2.08. The zero-order valence-corrected chi connectivity index (χ0v) is 11.0. The van der Waals surface area contributed by atoms with Crippen LogP contribution >= 0.6 is 11.6 Å². The monoisotopic (exact) mass is 266 g/mol. The van der Waals surface area contributed by atoms with Gasteiger partial charge in [0.05, 0.1) is 11.7 Å². The molecule has 0 aliphatic rings. The molecule has 0 saturated carbocycles. The van der Waals surface area contributed by atoms with Crippen molar-refractivity contribution in [1.29, 1.82) is 0 Å². The fraction of sp³-hybridized carbons (Fsp3) is 0.364. The second kappa shape index (κ2) is 5.43. The molecule has 3 N–H and O–H groups in total. The molecule has 0 amide bonds. The largest absolute Gasteiger partial charge is 0.271 e. The molecule has 0 spiro atoms. The van der Waals surface area contributed by atoms with Gasteiger partial charge in [-0.05, 0) is 13.0 Å². The Morgan fingerprint density at radius 2 is 2.11 bits per heavy atom. The van der Waals surface area contributed by atoms with Gasteiger partial charge in [0.15, 0.2) is 0 Å². The smallest absolute Gasteiger partial charge is 0.146 e. The van der Waals surface area contributed by atoms with Crippen LogP contribution in [0, 0.1) is 6.92 Å². The molecule has 0 radical (unpaired) electrons. The predicted molar refractivity (Wildman–Crippen MR) is 68.8 cm³/mol. The van der Waals surface area contributed by atoms with E-state index in [2.05, 4.69) is 20.5 Å². The number of rotatable bonds is 4. The van der Waals surface area contributed by atoms with Gasteiger partial charge in [-0.2, -0.15) is 5.10 Å². The molecule has 7 heteroatoms. The quantitative estimate of drug-likeness (QED) is 0.635. The summed E-state index contributed by atoms with van der Waals surface area (Å²) in [6, 6.07) is 1.57. The van der Waals surface area contributed by atoms with Gasteiger partial charge in [-0.3, -0.25) is 10.5 Å². The highest BCUT2D eigenvalue weighted by molar-refractivity contribution is 6.30. The molecule has 0 fully saturated rings. The van der Waals surface area contributed by atoms with Crippen molar-refractivity contribution in [1.82, 2.24) is 25.2 Å². The third-order valence-electron chi connectivity index (χ3n) is 2.78. The lowest BCUT2D eigenvalue weighted by molar-refractivity contribution is 0.521. The molecule has 0 aliphatic carbocycles. The van der Waals surface area contributed by atoms with E-state index >= 15 is 0 Å². The third-order valence-corrected chi connectivity index (χ3v) is 3.25. The molecule has 6 nitrogen and oxygen atoms in total. The minimum absolute atomic E-state index is 0.188. The van der Waals surface area contributed by atoms with Crippen LogP contribution in [0.15, 0.2) is 18.5 Å². The number of aryl methyl sites for hydroxylation is 2. The van der Waals surface area contributed by atoms with Gasteiger partial charge < -0.3 is 0 Å². The summed E-state index contributed by atoms with van der Waals surface area (Å²) in [4.78, 5) is 8.38. The van der Waals surface area contributed by atoms with Crippen molar-refractivity contribution in [3.05, 3.63) is 40.7 Å². The van der Waals surface area contributed by atoms with E-state index in [-0.39, 0.29) is 6.04 Å². The summed E-state index contributed by atoms with van der Waals surface area (Å²) in [5.41, 5.74) is 4.55. The second-order valence-electron chi connectivity index (χ2n) is 4.01. The van der Waals surface area contributed by atoms with Gasteiger partial charge in [0, 0.05) is 31.4 Å². The van der Waals surface area contributed by atoms with Crippen LogP contribution in [0.2, 0.25) is 5.15 Å². The topological polar surface area (TPSA) is 81.7 Å². The van der Waals surface area contributed by atoms with Gasteiger partial charge in [-0.1, -0.05) is 11.6 Å². The third kappa shape index (κ3) is 2.50. The number of hydrogen-bond acceptors (Lipinski definition) is 5. The minimum Gasteiger partial charge on any atom is -0.271 e. The van der Waals surface area contributed by atoms with E-state index in [1.807, 2.05) is 14.0 Å². The number of nitrogens with one attached hydrogen (secondary N) is 1. The Kier molecular flexibility index (Phi) is 3.90. The summed E-state index contributed by atoms with van der Waals surface area (Å²) >= 11 is 6.19. The SMILES string of the molecule is Cc1nn(C)c(Cl)c1CC(NN)c1ncccn1. The number of nitrogens with two attached hydrogens (primary N) is 1. The van der Waals surface area contributed by atoms with Crippen LogP contribution in [0.25, 0.3) is 0 Å². The Morgan fingerprint density at radius 1 is 1.44 bits per heavy atom. The van der Waals surface area contributed by atoms with E-state index < -0.39 is 0 Å². The van der Waals surface area contributed by atoms with Crippen LogP contribution in [-0.2, 0) is 13.5 Å². The van der Waals surface area contributed by atoms with Crippen molar-refractivity contribution in [2.75, 3.05) is 0 Å². The summed E-state index contributed by atoms with van der Waals surface area (Å²) in [5, 5.41) is 4.88. The normalized spacial score (nSPS) is 12.7. The van der Waals surface area contributed by atoms with Crippen LogP contribution in [0.5, 0.6) is 0 Å². The first kappa shape index (κ1) is 12.9. The van der Waals surface area contributed by atoms with Crippen molar-refractivity contribution in [2.45, 2.75) is 19.4 Å². The predicted octanol–water partition coefficient (Wildman–Crippen LogP) is 0.919. The lowest BCUT2D eigenvalue weighted by atomic mass is 10.1. The Balaban J connectivity index is 2.26. The number of nitrogens with zero attached hydrogens (tertiary/aromatic N) is 4. The van der Waals surface area contributed by atoms with Gasteiger partial charge in [0.2, 0.25) is 0 Å². The Morgan fingerprint density at radius 3 is 2.61 bits per heavy atom. The van der Waals surface area contributed by atoms with Gasteiger partial charge in [-0.15, -0.1) is 0 Å². The molecule has 2 aromatic rings.